The van der Waals surface area contributed by atoms with Crippen LogP contribution in [0.25, 0.3) is 0 Å². The number of nitrogens with zero attached hydrogens (tertiary/aromatic N) is 1. The van der Waals surface area contributed by atoms with Crippen LogP contribution < -0.4 is 14.4 Å². The molecule has 1 amide bonds. The van der Waals surface area contributed by atoms with Crippen LogP contribution in [-0.4, -0.2) is 18.5 Å². The Balaban J connectivity index is 1.64. The van der Waals surface area contributed by atoms with Gasteiger partial charge in [-0.25, -0.2) is 0 Å². The molecule has 1 aliphatic carbocycles. The summed E-state index contributed by atoms with van der Waals surface area (Å²) in [5, 5.41) is 0.882. The summed E-state index contributed by atoms with van der Waals surface area (Å²) in [7, 11) is 0. The lowest BCUT2D eigenvalue weighted by atomic mass is 9.77. The van der Waals surface area contributed by atoms with Gasteiger partial charge in [-0.1, -0.05) is 29.3 Å². The van der Waals surface area contributed by atoms with Crippen LogP contribution in [0.4, 0.5) is 5.69 Å². The highest BCUT2D eigenvalue weighted by Gasteiger charge is 2.40. The molecule has 1 unspecified atom stereocenters. The number of amides is 1. The van der Waals surface area contributed by atoms with Crippen molar-refractivity contribution in [1.82, 2.24) is 0 Å². The number of hydrogen-bond donors (Lipinski definition) is 0. The first-order valence-corrected chi connectivity index (χ1v) is 10.2. The fraction of sp³-hybridized carbons (Fsp3) is 0.273. The number of Topliss-reactive ketones (excluding diaryl/α,β-unsaturated/α-hetero) is 1. The quantitative estimate of drug-likeness (QED) is 0.653. The maximum absolute atomic E-state index is 13.2. The molecule has 0 saturated carbocycles. The van der Waals surface area contributed by atoms with Gasteiger partial charge in [-0.05, 0) is 48.7 Å². The number of anilines is 1. The summed E-state index contributed by atoms with van der Waals surface area (Å²) in [6.45, 7) is 0.179. The molecule has 0 spiro atoms. The summed E-state index contributed by atoms with van der Waals surface area (Å²) >= 11 is 12.4. The molecule has 0 fully saturated rings. The Bertz CT molecular complexity index is 1080. The number of rotatable bonds is 2. The van der Waals surface area contributed by atoms with E-state index in [9.17, 15) is 9.59 Å². The van der Waals surface area contributed by atoms with Gasteiger partial charge in [-0.2, -0.15) is 0 Å². The molecule has 5 rings (SSSR count). The van der Waals surface area contributed by atoms with Gasteiger partial charge in [0.05, 0.1) is 10.7 Å². The van der Waals surface area contributed by atoms with Gasteiger partial charge in [0.1, 0.15) is 0 Å². The highest BCUT2D eigenvalue weighted by atomic mass is 35.5. The number of fused-ring (bicyclic) bond motifs is 1. The number of halogens is 2. The SMILES string of the molecule is O=C1CCCC2=C1C(c1ccc3c(c1)OCO3)CC(=O)N2c1ccc(Cl)cc1Cl. The summed E-state index contributed by atoms with van der Waals surface area (Å²) in [5.74, 6) is 1.00. The molecule has 29 heavy (non-hydrogen) atoms. The molecular formula is C22H17Cl2NO4. The predicted molar refractivity (Wildman–Crippen MR) is 110 cm³/mol. The Morgan fingerprint density at radius 3 is 2.62 bits per heavy atom. The Labute approximate surface area is 177 Å². The lowest BCUT2D eigenvalue weighted by Gasteiger charge is -2.38. The number of benzene rings is 2. The average Bonchev–Trinajstić information content (AvgIpc) is 3.16. The van der Waals surface area contributed by atoms with E-state index in [2.05, 4.69) is 0 Å². The van der Waals surface area contributed by atoms with Crippen LogP contribution in [0.5, 0.6) is 11.5 Å². The monoisotopic (exact) mass is 429 g/mol. The zero-order chi connectivity index (χ0) is 20.1. The average molecular weight is 430 g/mol. The Morgan fingerprint density at radius 2 is 1.79 bits per heavy atom. The molecule has 148 valence electrons. The second-order valence-electron chi connectivity index (χ2n) is 7.33. The third-order valence-corrected chi connectivity index (χ3v) is 6.16. The fourth-order valence-corrected chi connectivity index (χ4v) is 4.84. The van der Waals surface area contributed by atoms with E-state index in [-0.39, 0.29) is 30.8 Å². The van der Waals surface area contributed by atoms with Crippen molar-refractivity contribution in [3.8, 4) is 11.5 Å². The minimum atomic E-state index is -0.304. The molecule has 0 bridgehead atoms. The zero-order valence-corrected chi connectivity index (χ0v) is 16.9. The van der Waals surface area contributed by atoms with Crippen LogP contribution in [0, 0.1) is 0 Å². The largest absolute Gasteiger partial charge is 0.454 e. The topological polar surface area (TPSA) is 55.8 Å². The molecule has 2 heterocycles. The van der Waals surface area contributed by atoms with Crippen molar-refractivity contribution in [2.45, 2.75) is 31.6 Å². The first-order valence-electron chi connectivity index (χ1n) is 9.46. The molecule has 0 aromatic heterocycles. The molecule has 1 atom stereocenters. The molecule has 2 aliphatic heterocycles. The Hall–Kier alpha value is -2.50. The summed E-state index contributed by atoms with van der Waals surface area (Å²) in [6, 6.07) is 10.7. The van der Waals surface area contributed by atoms with Gasteiger partial charge in [-0.15, -0.1) is 0 Å². The van der Waals surface area contributed by atoms with Crippen LogP contribution in [-0.2, 0) is 9.59 Å². The highest BCUT2D eigenvalue weighted by molar-refractivity contribution is 6.37. The number of allylic oxidation sites excluding steroid dienone is 2. The van der Waals surface area contributed by atoms with Crippen LogP contribution in [0.1, 0.15) is 37.2 Å². The number of ether oxygens (including phenoxy) is 2. The van der Waals surface area contributed by atoms with E-state index >= 15 is 0 Å². The van der Waals surface area contributed by atoms with E-state index < -0.39 is 0 Å². The maximum atomic E-state index is 13.2. The van der Waals surface area contributed by atoms with Crippen LogP contribution in [0.3, 0.4) is 0 Å². The summed E-state index contributed by atoms with van der Waals surface area (Å²) < 4.78 is 10.9. The van der Waals surface area contributed by atoms with Gasteiger partial charge in [0.15, 0.2) is 17.3 Å². The van der Waals surface area contributed by atoms with Gasteiger partial charge in [0, 0.05) is 35.1 Å². The fourth-order valence-electron chi connectivity index (χ4n) is 4.35. The standard InChI is InChI=1S/C22H17Cl2NO4/c23-13-5-6-16(15(24)9-13)25-17-2-1-3-18(26)22(17)14(10-21(25)27)12-4-7-19-20(8-12)29-11-28-19/h4-9,14H,1-3,10-11H2. The second kappa shape index (κ2) is 7.08. The molecule has 0 N–H and O–H groups in total. The second-order valence-corrected chi connectivity index (χ2v) is 8.18. The van der Waals surface area contributed by atoms with Crippen molar-refractivity contribution in [2.75, 3.05) is 11.7 Å². The third kappa shape index (κ3) is 3.09. The first kappa shape index (κ1) is 18.5. The van der Waals surface area contributed by atoms with Crippen molar-refractivity contribution >= 4 is 40.6 Å². The van der Waals surface area contributed by atoms with E-state index in [1.807, 2.05) is 18.2 Å². The van der Waals surface area contributed by atoms with E-state index in [1.165, 1.54) is 0 Å². The van der Waals surface area contributed by atoms with E-state index in [0.717, 1.165) is 11.3 Å². The molecule has 3 aliphatic rings. The molecule has 7 heteroatoms. The predicted octanol–water partition coefficient (Wildman–Crippen LogP) is 5.25. The zero-order valence-electron chi connectivity index (χ0n) is 15.4. The normalized spacial score (nSPS) is 20.9. The minimum Gasteiger partial charge on any atom is -0.454 e. The molecule has 0 radical (unpaired) electrons. The van der Waals surface area contributed by atoms with Crippen molar-refractivity contribution in [2.24, 2.45) is 0 Å². The van der Waals surface area contributed by atoms with Crippen molar-refractivity contribution < 1.29 is 19.1 Å². The van der Waals surface area contributed by atoms with Crippen LogP contribution in [0.15, 0.2) is 47.7 Å². The minimum absolute atomic E-state index is 0.0801. The molecule has 2 aromatic carbocycles. The van der Waals surface area contributed by atoms with Crippen molar-refractivity contribution in [1.29, 1.82) is 0 Å². The number of hydrogen-bond acceptors (Lipinski definition) is 4. The van der Waals surface area contributed by atoms with Gasteiger partial charge < -0.3 is 9.47 Å². The van der Waals surface area contributed by atoms with Crippen molar-refractivity contribution in [3.63, 3.8) is 0 Å². The van der Waals surface area contributed by atoms with Gasteiger partial charge >= 0.3 is 0 Å². The first-order chi connectivity index (χ1) is 14.0. The summed E-state index contributed by atoms with van der Waals surface area (Å²) in [5.41, 5.74) is 2.88. The lowest BCUT2D eigenvalue weighted by molar-refractivity contribution is -0.119. The number of carbonyl (C=O) groups is 2. The lowest BCUT2D eigenvalue weighted by Crippen LogP contribution is -2.40. The van der Waals surface area contributed by atoms with Gasteiger partial charge in [0.25, 0.3) is 0 Å². The number of carbonyl (C=O) groups excluding carboxylic acids is 2. The summed E-state index contributed by atoms with van der Waals surface area (Å²) in [4.78, 5) is 27.8. The highest BCUT2D eigenvalue weighted by Crippen LogP contribution is 2.46. The molecular weight excluding hydrogens is 413 g/mol. The molecule has 0 saturated heterocycles. The van der Waals surface area contributed by atoms with Crippen LogP contribution >= 0.6 is 23.2 Å². The third-order valence-electron chi connectivity index (χ3n) is 5.62. The Morgan fingerprint density at radius 1 is 0.966 bits per heavy atom. The van der Waals surface area contributed by atoms with Crippen LogP contribution in [0.2, 0.25) is 10.0 Å². The van der Waals surface area contributed by atoms with Gasteiger partial charge in [0.2, 0.25) is 12.7 Å². The van der Waals surface area contributed by atoms with E-state index in [1.54, 1.807) is 23.1 Å². The van der Waals surface area contributed by atoms with E-state index in [0.29, 0.717) is 52.1 Å². The molecule has 5 nitrogen and oxygen atoms in total. The van der Waals surface area contributed by atoms with Gasteiger partial charge in [-0.3, -0.25) is 14.5 Å². The smallest absolute Gasteiger partial charge is 0.232 e. The summed E-state index contributed by atoms with van der Waals surface area (Å²) in [6.07, 6.45) is 2.02. The van der Waals surface area contributed by atoms with E-state index in [4.69, 9.17) is 32.7 Å². The maximum Gasteiger partial charge on any atom is 0.232 e. The number of ketones is 1. The van der Waals surface area contributed by atoms with Crippen molar-refractivity contribution in [3.05, 3.63) is 63.3 Å². The Kier molecular flexibility index (Phi) is 4.52. The molecule has 2 aromatic rings.